The molecule has 33 heavy (non-hydrogen) atoms. The number of carbonyl (C=O) groups excluding carboxylic acids is 2. The Balaban J connectivity index is 2.23. The van der Waals surface area contributed by atoms with Crippen LogP contribution in [0.5, 0.6) is 0 Å². The number of amides is 3. The second-order valence-corrected chi connectivity index (χ2v) is 8.48. The first kappa shape index (κ1) is 26.6. The predicted molar refractivity (Wildman–Crippen MR) is 122 cm³/mol. The van der Waals surface area contributed by atoms with Gasteiger partial charge in [-0.05, 0) is 30.7 Å². The van der Waals surface area contributed by atoms with Gasteiger partial charge in [0.1, 0.15) is 11.4 Å². The summed E-state index contributed by atoms with van der Waals surface area (Å²) in [5.41, 5.74) is 0.0570. The average molecular weight is 499 g/mol. The van der Waals surface area contributed by atoms with Crippen LogP contribution in [0.1, 0.15) is 24.5 Å². The molecular formula is C22H25Cl2FN4O4. The van der Waals surface area contributed by atoms with Crippen molar-refractivity contribution < 1.29 is 23.5 Å². The number of urea groups is 1. The van der Waals surface area contributed by atoms with E-state index < -0.39 is 35.0 Å². The zero-order chi connectivity index (χ0) is 24.6. The number of carbonyl (C=O) groups is 2. The molecule has 0 aliphatic heterocycles. The summed E-state index contributed by atoms with van der Waals surface area (Å²) in [5.74, 6) is -1.22. The summed E-state index contributed by atoms with van der Waals surface area (Å²) in [7, 11) is 2.86. The van der Waals surface area contributed by atoms with E-state index in [0.717, 1.165) is 0 Å². The molecule has 0 aromatic heterocycles. The molecule has 3 N–H and O–H groups in total. The Morgan fingerprint density at radius 1 is 1.30 bits per heavy atom. The van der Waals surface area contributed by atoms with Gasteiger partial charge >= 0.3 is 6.03 Å². The normalized spacial score (nSPS) is 17.6. The summed E-state index contributed by atoms with van der Waals surface area (Å²) >= 11 is 11.8. The highest BCUT2D eigenvalue weighted by Crippen LogP contribution is 2.30. The third kappa shape index (κ3) is 7.44. The number of alkyl halides is 1. The Morgan fingerprint density at radius 3 is 2.48 bits per heavy atom. The Hall–Kier alpha value is -2.64. The second kappa shape index (κ2) is 12.0. The van der Waals surface area contributed by atoms with Crippen LogP contribution in [0.2, 0.25) is 0 Å². The van der Waals surface area contributed by atoms with Crippen LogP contribution in [0, 0.1) is 11.3 Å². The van der Waals surface area contributed by atoms with Crippen molar-refractivity contribution in [2.45, 2.75) is 37.0 Å². The van der Waals surface area contributed by atoms with E-state index in [0.29, 0.717) is 16.8 Å². The fraction of sp³-hybridized carbons (Fsp3) is 0.409. The minimum atomic E-state index is -1.43. The molecule has 0 saturated carbocycles. The minimum absolute atomic E-state index is 0.0256. The molecule has 2 rings (SSSR count). The number of allylic oxidation sites excluding steroid dienone is 4. The summed E-state index contributed by atoms with van der Waals surface area (Å²) in [6.45, 7) is 1.59. The monoisotopic (exact) mass is 498 g/mol. The lowest BCUT2D eigenvalue weighted by Crippen LogP contribution is -2.60. The number of methoxy groups -OCH3 is 2. The first-order chi connectivity index (χ1) is 15.6. The summed E-state index contributed by atoms with van der Waals surface area (Å²) in [6.07, 6.45) is 0.757. The van der Waals surface area contributed by atoms with Gasteiger partial charge < -0.3 is 25.4 Å². The highest BCUT2D eigenvalue weighted by molar-refractivity contribution is 6.33. The molecule has 1 aliphatic rings. The molecule has 1 unspecified atom stereocenters. The van der Waals surface area contributed by atoms with E-state index >= 15 is 0 Å². The molecule has 1 aliphatic carbocycles. The quantitative estimate of drug-likeness (QED) is 0.357. The van der Waals surface area contributed by atoms with Crippen molar-refractivity contribution in [2.24, 2.45) is 0 Å². The number of halogens is 3. The molecule has 0 fully saturated rings. The fourth-order valence-electron chi connectivity index (χ4n) is 3.10. The SMILES string of the molecule is COC(CNC(=O)N[C@](C)(Cc1ccc(C#N)cc1)C(=O)NC1=CC(Cl)=C(F)C(Cl)C1)OC. The van der Waals surface area contributed by atoms with Crippen LogP contribution < -0.4 is 16.0 Å². The van der Waals surface area contributed by atoms with Crippen LogP contribution in [0.15, 0.2) is 46.9 Å². The van der Waals surface area contributed by atoms with Crippen molar-refractivity contribution in [3.05, 3.63) is 58.0 Å². The largest absolute Gasteiger partial charge is 0.354 e. The van der Waals surface area contributed by atoms with E-state index in [2.05, 4.69) is 16.0 Å². The van der Waals surface area contributed by atoms with Gasteiger partial charge in [0.2, 0.25) is 5.91 Å². The van der Waals surface area contributed by atoms with E-state index in [4.69, 9.17) is 37.9 Å². The highest BCUT2D eigenvalue weighted by Gasteiger charge is 2.36. The minimum Gasteiger partial charge on any atom is -0.354 e. The molecule has 11 heteroatoms. The van der Waals surface area contributed by atoms with Gasteiger partial charge in [-0.25, -0.2) is 9.18 Å². The topological polar surface area (TPSA) is 112 Å². The third-order valence-electron chi connectivity index (χ3n) is 4.96. The molecule has 3 amide bonds. The van der Waals surface area contributed by atoms with Crippen molar-refractivity contribution in [1.82, 2.24) is 16.0 Å². The number of hydrogen-bond acceptors (Lipinski definition) is 5. The standard InChI is InChI=1S/C22H25Cl2FN4O4/c1-22(10-13-4-6-14(11-26)7-5-13,29-21(31)27-12-18(32-2)33-3)20(30)28-15-8-16(23)19(25)17(24)9-15/h4-8,17-18H,9-10,12H2,1-3H3,(H,28,30)(H2,27,29,31)/t17?,22-/m1/s1. The molecule has 0 saturated heterocycles. The zero-order valence-corrected chi connectivity index (χ0v) is 19.9. The average Bonchev–Trinajstić information content (AvgIpc) is 2.78. The van der Waals surface area contributed by atoms with E-state index in [9.17, 15) is 14.0 Å². The van der Waals surface area contributed by atoms with Crippen LogP contribution >= 0.6 is 23.2 Å². The maximum atomic E-state index is 13.8. The first-order valence-corrected chi connectivity index (χ1v) is 10.7. The van der Waals surface area contributed by atoms with Crippen LogP contribution in [-0.4, -0.2) is 49.9 Å². The van der Waals surface area contributed by atoms with Gasteiger partial charge in [0, 0.05) is 32.8 Å². The predicted octanol–water partition coefficient (Wildman–Crippen LogP) is 3.21. The molecule has 1 aromatic rings. The zero-order valence-electron chi connectivity index (χ0n) is 18.4. The van der Waals surface area contributed by atoms with Crippen molar-refractivity contribution in [1.29, 1.82) is 5.26 Å². The maximum Gasteiger partial charge on any atom is 0.315 e. The van der Waals surface area contributed by atoms with Gasteiger partial charge in [0.05, 0.1) is 28.6 Å². The highest BCUT2D eigenvalue weighted by atomic mass is 35.5. The Morgan fingerprint density at radius 2 is 1.94 bits per heavy atom. The molecule has 2 atom stereocenters. The van der Waals surface area contributed by atoms with Crippen LogP contribution in [0.4, 0.5) is 9.18 Å². The van der Waals surface area contributed by atoms with Crippen LogP contribution in [-0.2, 0) is 20.7 Å². The number of nitrogens with zero attached hydrogens (tertiary/aromatic N) is 1. The molecule has 0 spiro atoms. The van der Waals surface area contributed by atoms with Gasteiger partial charge in [-0.15, -0.1) is 11.6 Å². The summed E-state index contributed by atoms with van der Waals surface area (Å²) in [4.78, 5) is 25.8. The number of nitrogens with one attached hydrogen (secondary N) is 3. The van der Waals surface area contributed by atoms with Crippen LogP contribution in [0.25, 0.3) is 0 Å². The molecule has 8 nitrogen and oxygen atoms in total. The van der Waals surface area contributed by atoms with Crippen molar-refractivity contribution >= 4 is 35.1 Å². The molecule has 0 bridgehead atoms. The lowest BCUT2D eigenvalue weighted by molar-refractivity contribution is -0.126. The molecule has 1 aromatic carbocycles. The molecule has 0 radical (unpaired) electrons. The number of nitriles is 1. The van der Waals surface area contributed by atoms with Crippen molar-refractivity contribution in [3.8, 4) is 6.07 Å². The van der Waals surface area contributed by atoms with Crippen LogP contribution in [0.3, 0.4) is 0 Å². The Kier molecular flexibility index (Phi) is 9.68. The Bertz CT molecular complexity index is 974. The molecular weight excluding hydrogens is 474 g/mol. The fourth-order valence-corrected chi connectivity index (χ4v) is 3.71. The van der Waals surface area contributed by atoms with E-state index in [-0.39, 0.29) is 24.4 Å². The van der Waals surface area contributed by atoms with E-state index in [1.807, 2.05) is 6.07 Å². The maximum absolute atomic E-state index is 13.8. The lowest BCUT2D eigenvalue weighted by atomic mass is 9.91. The van der Waals surface area contributed by atoms with Crippen molar-refractivity contribution in [2.75, 3.05) is 20.8 Å². The Labute approximate surface area is 201 Å². The first-order valence-electron chi connectivity index (χ1n) is 9.93. The summed E-state index contributed by atoms with van der Waals surface area (Å²) < 4.78 is 23.9. The number of benzene rings is 1. The second-order valence-electron chi connectivity index (χ2n) is 7.54. The van der Waals surface area contributed by atoms with Gasteiger partial charge in [-0.3, -0.25) is 4.79 Å². The number of ether oxygens (including phenoxy) is 2. The molecule has 0 heterocycles. The molecule has 178 valence electrons. The van der Waals surface area contributed by atoms with Gasteiger partial charge in [-0.1, -0.05) is 23.7 Å². The van der Waals surface area contributed by atoms with Gasteiger partial charge in [-0.2, -0.15) is 5.26 Å². The number of rotatable bonds is 9. The summed E-state index contributed by atoms with van der Waals surface area (Å²) in [5, 5.41) is 15.8. The van der Waals surface area contributed by atoms with E-state index in [1.165, 1.54) is 20.3 Å². The lowest BCUT2D eigenvalue weighted by Gasteiger charge is -2.31. The number of hydrogen-bond donors (Lipinski definition) is 3. The smallest absolute Gasteiger partial charge is 0.315 e. The summed E-state index contributed by atoms with van der Waals surface area (Å²) in [6, 6.07) is 8.02. The third-order valence-corrected chi connectivity index (χ3v) is 5.60. The van der Waals surface area contributed by atoms with Crippen molar-refractivity contribution in [3.63, 3.8) is 0 Å². The van der Waals surface area contributed by atoms with Gasteiger partial charge in [0.25, 0.3) is 0 Å². The van der Waals surface area contributed by atoms with E-state index in [1.54, 1.807) is 31.2 Å². The van der Waals surface area contributed by atoms with Gasteiger partial charge in [0.15, 0.2) is 6.29 Å².